The number of benzene rings is 2. The number of hydrogen-bond donors (Lipinski definition) is 4. The Balaban J connectivity index is 1.42. The van der Waals surface area contributed by atoms with Crippen molar-refractivity contribution in [3.05, 3.63) is 91.3 Å². The van der Waals surface area contributed by atoms with Gasteiger partial charge in [-0.05, 0) is 48.7 Å². The predicted octanol–water partition coefficient (Wildman–Crippen LogP) is 2.67. The number of fused-ring (bicyclic) bond motifs is 1. The number of rotatable bonds is 7. The van der Waals surface area contributed by atoms with Gasteiger partial charge in [0.2, 0.25) is 11.9 Å². The normalized spacial score (nSPS) is 21.1. The van der Waals surface area contributed by atoms with Gasteiger partial charge in [0.25, 0.3) is 0 Å². The molecule has 1 fully saturated rings. The highest BCUT2D eigenvalue weighted by molar-refractivity contribution is 5.90. The van der Waals surface area contributed by atoms with Crippen molar-refractivity contribution in [2.45, 2.75) is 11.8 Å². The second-order valence-corrected chi connectivity index (χ2v) is 8.65. The number of carbonyl (C=O) groups is 1. The molecule has 2 aliphatic heterocycles. The van der Waals surface area contributed by atoms with Crippen LogP contribution in [0.5, 0.6) is 0 Å². The quantitative estimate of drug-likeness (QED) is 0.379. The highest BCUT2D eigenvalue weighted by Crippen LogP contribution is 2.30. The van der Waals surface area contributed by atoms with Gasteiger partial charge in [-0.2, -0.15) is 0 Å². The van der Waals surface area contributed by atoms with E-state index in [4.69, 9.17) is 15.5 Å². The zero-order chi connectivity index (χ0) is 25.0. The lowest BCUT2D eigenvalue weighted by Crippen LogP contribution is -2.53. The predicted molar refractivity (Wildman–Crippen MR) is 142 cm³/mol. The molecule has 2 aliphatic rings. The minimum atomic E-state index is -0.966. The van der Waals surface area contributed by atoms with E-state index >= 15 is 0 Å². The number of dihydropyridines is 1. The van der Waals surface area contributed by atoms with Crippen LogP contribution in [0.25, 0.3) is 10.9 Å². The first kappa shape index (κ1) is 23.5. The van der Waals surface area contributed by atoms with Crippen molar-refractivity contribution in [1.82, 2.24) is 20.6 Å². The number of carbonyl (C=O) groups excluding carboxylic acids is 1. The van der Waals surface area contributed by atoms with Gasteiger partial charge in [0.05, 0.1) is 18.2 Å². The molecule has 2 aromatic carbocycles. The van der Waals surface area contributed by atoms with Crippen LogP contribution < -0.4 is 26.6 Å². The summed E-state index contributed by atoms with van der Waals surface area (Å²) in [7, 11) is 0. The number of nitrogens with zero attached hydrogens (tertiary/aromatic N) is 3. The van der Waals surface area contributed by atoms with Crippen molar-refractivity contribution in [3.8, 4) is 0 Å². The molecular weight excluding hydrogens is 454 g/mol. The Morgan fingerprint density at radius 3 is 2.89 bits per heavy atom. The molecule has 184 valence electrons. The van der Waals surface area contributed by atoms with Gasteiger partial charge >= 0.3 is 0 Å². The van der Waals surface area contributed by atoms with Crippen molar-refractivity contribution in [3.63, 3.8) is 0 Å². The van der Waals surface area contributed by atoms with Crippen LogP contribution in [0.1, 0.15) is 5.56 Å². The minimum absolute atomic E-state index is 0.0558. The van der Waals surface area contributed by atoms with Crippen molar-refractivity contribution in [2.75, 3.05) is 36.5 Å². The van der Waals surface area contributed by atoms with Crippen molar-refractivity contribution >= 4 is 34.1 Å². The van der Waals surface area contributed by atoms with Crippen LogP contribution in [-0.2, 0) is 15.2 Å². The summed E-state index contributed by atoms with van der Waals surface area (Å²) in [6, 6.07) is 13.9. The Bertz CT molecular complexity index is 1320. The third-order valence-corrected chi connectivity index (χ3v) is 6.30. The molecule has 9 nitrogen and oxygen atoms in total. The molecule has 1 aromatic heterocycles. The van der Waals surface area contributed by atoms with Gasteiger partial charge in [0, 0.05) is 48.2 Å². The van der Waals surface area contributed by atoms with Crippen LogP contribution in [0.3, 0.4) is 0 Å². The lowest BCUT2D eigenvalue weighted by Gasteiger charge is -2.34. The number of aromatic nitrogens is 2. The molecule has 1 amide bonds. The summed E-state index contributed by atoms with van der Waals surface area (Å²) in [6.45, 7) is 6.38. The molecule has 3 aromatic rings. The molecule has 9 heteroatoms. The van der Waals surface area contributed by atoms with E-state index in [0.717, 1.165) is 35.4 Å². The second-order valence-electron chi connectivity index (χ2n) is 8.65. The van der Waals surface area contributed by atoms with E-state index in [-0.39, 0.29) is 12.0 Å². The molecule has 5 N–H and O–H groups in total. The van der Waals surface area contributed by atoms with E-state index in [9.17, 15) is 4.79 Å². The molecule has 5 rings (SSSR count). The first-order valence-electron chi connectivity index (χ1n) is 11.9. The van der Waals surface area contributed by atoms with E-state index < -0.39 is 5.66 Å². The summed E-state index contributed by atoms with van der Waals surface area (Å²) in [6.07, 6.45) is 10.5. The van der Waals surface area contributed by atoms with Gasteiger partial charge < -0.3 is 31.3 Å². The van der Waals surface area contributed by atoms with Crippen LogP contribution in [0.4, 0.5) is 17.3 Å². The first-order chi connectivity index (χ1) is 17.6. The maximum atomic E-state index is 12.3. The van der Waals surface area contributed by atoms with E-state index in [1.807, 2.05) is 48.6 Å². The van der Waals surface area contributed by atoms with Gasteiger partial charge in [-0.1, -0.05) is 30.9 Å². The number of nitrogens with one attached hydrogen (secondary N) is 3. The Morgan fingerprint density at radius 2 is 2.14 bits per heavy atom. The molecule has 2 unspecified atom stereocenters. The van der Waals surface area contributed by atoms with Crippen LogP contribution >= 0.6 is 0 Å². The van der Waals surface area contributed by atoms with Gasteiger partial charge in [-0.15, -0.1) is 0 Å². The van der Waals surface area contributed by atoms with Crippen LogP contribution in [0, 0.1) is 0 Å². The third-order valence-electron chi connectivity index (χ3n) is 6.30. The number of para-hydroxylation sites is 1. The fourth-order valence-electron chi connectivity index (χ4n) is 4.46. The Kier molecular flexibility index (Phi) is 6.66. The zero-order valence-corrected chi connectivity index (χ0v) is 19.9. The Labute approximate surface area is 209 Å². The van der Waals surface area contributed by atoms with Gasteiger partial charge in [0.1, 0.15) is 0 Å². The van der Waals surface area contributed by atoms with Gasteiger partial charge in [-0.25, -0.2) is 9.97 Å². The van der Waals surface area contributed by atoms with Crippen molar-refractivity contribution < 1.29 is 9.53 Å². The number of anilines is 3. The lowest BCUT2D eigenvalue weighted by molar-refractivity contribution is -0.118. The minimum Gasteiger partial charge on any atom is -0.373 e. The lowest BCUT2D eigenvalue weighted by atomic mass is 9.94. The molecule has 36 heavy (non-hydrogen) atoms. The molecule has 0 bridgehead atoms. The fourth-order valence-corrected chi connectivity index (χ4v) is 4.46. The third kappa shape index (κ3) is 4.79. The SMILES string of the molecule is C=CC(=O)NC1(c2cccc3cnc(Nc4ccc(N5CCOC(CN)C5)cc4)nc23)C=CC=CN1. The molecule has 0 aliphatic carbocycles. The zero-order valence-electron chi connectivity index (χ0n) is 19.9. The van der Waals surface area contributed by atoms with E-state index in [1.165, 1.54) is 6.08 Å². The maximum Gasteiger partial charge on any atom is 0.245 e. The van der Waals surface area contributed by atoms with Crippen molar-refractivity contribution in [2.24, 2.45) is 5.73 Å². The summed E-state index contributed by atoms with van der Waals surface area (Å²) in [5, 5.41) is 10.4. The molecule has 1 saturated heterocycles. The van der Waals surface area contributed by atoms with Crippen LogP contribution in [0.15, 0.2) is 85.7 Å². The number of allylic oxidation sites excluding steroid dienone is 2. The van der Waals surface area contributed by atoms with Gasteiger partial charge in [-0.3, -0.25) is 4.79 Å². The standard InChI is InChI=1S/C27H29N7O2/c1-2-24(35)33-27(12-3-4-13-30-27)23-7-5-6-19-17-29-26(32-25(19)23)31-20-8-10-21(11-9-20)34-14-15-36-22(16-28)18-34/h2-13,17,22,30H,1,14-16,18,28H2,(H,33,35)(H,29,31,32). The monoisotopic (exact) mass is 483 g/mol. The molecule has 0 spiro atoms. The smallest absolute Gasteiger partial charge is 0.245 e. The molecule has 2 atom stereocenters. The Morgan fingerprint density at radius 1 is 1.28 bits per heavy atom. The summed E-state index contributed by atoms with van der Waals surface area (Å²) in [5.74, 6) is 0.155. The molecule has 3 heterocycles. The van der Waals surface area contributed by atoms with Crippen LogP contribution in [-0.4, -0.2) is 48.2 Å². The molecule has 0 radical (unpaired) electrons. The topological polar surface area (TPSA) is 117 Å². The number of amides is 1. The number of hydrogen-bond acceptors (Lipinski definition) is 8. The van der Waals surface area contributed by atoms with E-state index in [1.54, 1.807) is 12.4 Å². The molecular formula is C27H29N7O2. The second kappa shape index (κ2) is 10.2. The summed E-state index contributed by atoms with van der Waals surface area (Å²) >= 11 is 0. The number of nitrogens with two attached hydrogens (primary N) is 1. The van der Waals surface area contributed by atoms with E-state index in [0.29, 0.717) is 24.6 Å². The summed E-state index contributed by atoms with van der Waals surface area (Å²) < 4.78 is 5.67. The van der Waals surface area contributed by atoms with E-state index in [2.05, 4.69) is 44.5 Å². The van der Waals surface area contributed by atoms with Gasteiger partial charge in [0.15, 0.2) is 5.66 Å². The largest absolute Gasteiger partial charge is 0.373 e. The molecule has 0 saturated carbocycles. The maximum absolute atomic E-state index is 12.3. The summed E-state index contributed by atoms with van der Waals surface area (Å²) in [5.41, 5.74) is 8.30. The highest BCUT2D eigenvalue weighted by Gasteiger charge is 2.33. The highest BCUT2D eigenvalue weighted by atomic mass is 16.5. The Hall–Kier alpha value is -4.21. The fraction of sp³-hybridized carbons (Fsp3) is 0.222. The van der Waals surface area contributed by atoms with Crippen molar-refractivity contribution in [1.29, 1.82) is 0 Å². The average molecular weight is 484 g/mol. The first-order valence-corrected chi connectivity index (χ1v) is 11.9. The summed E-state index contributed by atoms with van der Waals surface area (Å²) in [4.78, 5) is 23.9. The number of ether oxygens (including phenoxy) is 1. The van der Waals surface area contributed by atoms with Crippen LogP contribution in [0.2, 0.25) is 0 Å². The average Bonchev–Trinajstić information content (AvgIpc) is 2.93. The number of morpholine rings is 1.